The smallest absolute Gasteiger partial charge is 0.122 e. The Balaban J connectivity index is 2.31. The minimum atomic E-state index is 0.455. The van der Waals surface area contributed by atoms with Crippen molar-refractivity contribution in [3.63, 3.8) is 0 Å². The molecule has 0 aliphatic rings. The van der Waals surface area contributed by atoms with Gasteiger partial charge in [0, 0.05) is 16.6 Å². The van der Waals surface area contributed by atoms with Gasteiger partial charge in [-0.3, -0.25) is 0 Å². The SMILES string of the molecule is NCCOCCOc1cc(Cl)cc(Cl)c1. The van der Waals surface area contributed by atoms with E-state index in [1.165, 1.54) is 0 Å². The lowest BCUT2D eigenvalue weighted by Gasteiger charge is -2.07. The van der Waals surface area contributed by atoms with E-state index in [1.54, 1.807) is 18.2 Å². The summed E-state index contributed by atoms with van der Waals surface area (Å²) in [5.41, 5.74) is 5.26. The van der Waals surface area contributed by atoms with E-state index in [0.29, 0.717) is 42.2 Å². The van der Waals surface area contributed by atoms with Crippen molar-refractivity contribution in [1.82, 2.24) is 0 Å². The second-order valence-electron chi connectivity index (χ2n) is 2.85. The number of halogens is 2. The second-order valence-corrected chi connectivity index (χ2v) is 3.73. The zero-order valence-electron chi connectivity index (χ0n) is 8.21. The van der Waals surface area contributed by atoms with Crippen LogP contribution in [-0.2, 0) is 4.74 Å². The molecule has 1 aromatic rings. The fourth-order valence-corrected chi connectivity index (χ4v) is 1.52. The molecule has 3 nitrogen and oxygen atoms in total. The summed E-state index contributed by atoms with van der Waals surface area (Å²) in [7, 11) is 0. The van der Waals surface area contributed by atoms with Crippen molar-refractivity contribution in [3.8, 4) is 5.75 Å². The van der Waals surface area contributed by atoms with Gasteiger partial charge in [0.25, 0.3) is 0 Å². The van der Waals surface area contributed by atoms with E-state index in [-0.39, 0.29) is 0 Å². The molecular formula is C10H13Cl2NO2. The van der Waals surface area contributed by atoms with Gasteiger partial charge in [0.05, 0.1) is 13.2 Å². The average Bonchev–Trinajstić information content (AvgIpc) is 2.16. The van der Waals surface area contributed by atoms with E-state index in [0.717, 1.165) is 0 Å². The molecule has 0 bridgehead atoms. The summed E-state index contributed by atoms with van der Waals surface area (Å²) in [6, 6.07) is 5.06. The maximum atomic E-state index is 5.80. The van der Waals surface area contributed by atoms with Crippen LogP contribution in [0.1, 0.15) is 0 Å². The molecule has 2 N–H and O–H groups in total. The summed E-state index contributed by atoms with van der Waals surface area (Å²) >= 11 is 11.6. The van der Waals surface area contributed by atoms with Crippen molar-refractivity contribution >= 4 is 23.2 Å². The van der Waals surface area contributed by atoms with Crippen molar-refractivity contribution in [2.45, 2.75) is 0 Å². The van der Waals surface area contributed by atoms with Gasteiger partial charge in [-0.2, -0.15) is 0 Å². The Bertz CT molecular complexity index is 287. The van der Waals surface area contributed by atoms with Gasteiger partial charge in [-0.1, -0.05) is 23.2 Å². The molecule has 0 radical (unpaired) electrons. The Labute approximate surface area is 99.1 Å². The molecule has 0 heterocycles. The van der Waals surface area contributed by atoms with Crippen LogP contribution in [0.5, 0.6) is 5.75 Å². The molecule has 0 aliphatic heterocycles. The van der Waals surface area contributed by atoms with E-state index >= 15 is 0 Å². The first kappa shape index (κ1) is 12.6. The summed E-state index contributed by atoms with van der Waals surface area (Å²) in [6.45, 7) is 2.01. The summed E-state index contributed by atoms with van der Waals surface area (Å²) in [5.74, 6) is 0.642. The molecule has 0 fully saturated rings. The lowest BCUT2D eigenvalue weighted by Crippen LogP contribution is -2.13. The quantitative estimate of drug-likeness (QED) is 0.788. The number of rotatable bonds is 6. The molecule has 1 aromatic carbocycles. The van der Waals surface area contributed by atoms with Crippen LogP contribution < -0.4 is 10.5 Å². The highest BCUT2D eigenvalue weighted by Gasteiger charge is 1.98. The normalized spacial score (nSPS) is 10.3. The summed E-state index contributed by atoms with van der Waals surface area (Å²) < 4.78 is 10.5. The standard InChI is InChI=1S/C10H13Cl2NO2/c11-8-5-9(12)7-10(6-8)15-4-3-14-2-1-13/h5-7H,1-4,13H2. The molecule has 0 amide bonds. The minimum absolute atomic E-state index is 0.455. The van der Waals surface area contributed by atoms with E-state index in [2.05, 4.69) is 0 Å². The first-order valence-electron chi connectivity index (χ1n) is 4.59. The third kappa shape index (κ3) is 5.23. The average molecular weight is 250 g/mol. The third-order valence-corrected chi connectivity index (χ3v) is 2.03. The van der Waals surface area contributed by atoms with Crippen LogP contribution >= 0.6 is 23.2 Å². The van der Waals surface area contributed by atoms with E-state index in [1.807, 2.05) is 0 Å². The van der Waals surface area contributed by atoms with Crippen LogP contribution in [0, 0.1) is 0 Å². The maximum Gasteiger partial charge on any atom is 0.122 e. The van der Waals surface area contributed by atoms with Gasteiger partial charge in [0.15, 0.2) is 0 Å². The Morgan fingerprint density at radius 1 is 1.00 bits per heavy atom. The van der Waals surface area contributed by atoms with Crippen molar-refractivity contribution in [2.24, 2.45) is 5.73 Å². The zero-order valence-corrected chi connectivity index (χ0v) is 9.72. The lowest BCUT2D eigenvalue weighted by atomic mass is 10.3. The molecule has 0 aromatic heterocycles. The highest BCUT2D eigenvalue weighted by molar-refractivity contribution is 6.34. The molecule has 0 atom stereocenters. The van der Waals surface area contributed by atoms with E-state index < -0.39 is 0 Å². The number of hydrogen-bond donors (Lipinski definition) is 1. The van der Waals surface area contributed by atoms with Crippen LogP contribution in [0.4, 0.5) is 0 Å². The maximum absolute atomic E-state index is 5.80. The van der Waals surface area contributed by atoms with Gasteiger partial charge in [-0.25, -0.2) is 0 Å². The van der Waals surface area contributed by atoms with E-state index in [4.69, 9.17) is 38.4 Å². The fraction of sp³-hybridized carbons (Fsp3) is 0.400. The predicted octanol–water partition coefficient (Wildman–Crippen LogP) is 2.35. The monoisotopic (exact) mass is 249 g/mol. The van der Waals surface area contributed by atoms with E-state index in [9.17, 15) is 0 Å². The van der Waals surface area contributed by atoms with Crippen molar-refractivity contribution in [3.05, 3.63) is 28.2 Å². The number of hydrogen-bond acceptors (Lipinski definition) is 3. The zero-order chi connectivity index (χ0) is 11.1. The van der Waals surface area contributed by atoms with Crippen LogP contribution in [0.2, 0.25) is 10.0 Å². The van der Waals surface area contributed by atoms with Crippen molar-refractivity contribution in [2.75, 3.05) is 26.4 Å². The molecule has 0 saturated carbocycles. The van der Waals surface area contributed by atoms with Crippen LogP contribution in [0.25, 0.3) is 0 Å². The van der Waals surface area contributed by atoms with Gasteiger partial charge in [0.1, 0.15) is 12.4 Å². The molecule has 1 rings (SSSR count). The fourth-order valence-electron chi connectivity index (χ4n) is 1.02. The summed E-state index contributed by atoms with van der Waals surface area (Å²) in [4.78, 5) is 0. The third-order valence-electron chi connectivity index (χ3n) is 1.59. The highest BCUT2D eigenvalue weighted by Crippen LogP contribution is 2.23. The Morgan fingerprint density at radius 2 is 1.67 bits per heavy atom. The van der Waals surface area contributed by atoms with Crippen molar-refractivity contribution in [1.29, 1.82) is 0 Å². The Morgan fingerprint density at radius 3 is 2.27 bits per heavy atom. The second kappa shape index (κ2) is 6.90. The molecule has 0 aliphatic carbocycles. The minimum Gasteiger partial charge on any atom is -0.491 e. The van der Waals surface area contributed by atoms with Gasteiger partial charge in [-0.05, 0) is 18.2 Å². The molecular weight excluding hydrogens is 237 g/mol. The Kier molecular flexibility index (Phi) is 5.79. The van der Waals surface area contributed by atoms with Crippen LogP contribution in [-0.4, -0.2) is 26.4 Å². The topological polar surface area (TPSA) is 44.5 Å². The number of ether oxygens (including phenoxy) is 2. The molecule has 0 saturated heterocycles. The summed E-state index contributed by atoms with van der Waals surface area (Å²) in [5, 5.41) is 1.11. The molecule has 0 spiro atoms. The lowest BCUT2D eigenvalue weighted by molar-refractivity contribution is 0.106. The molecule has 5 heteroatoms. The van der Waals surface area contributed by atoms with Gasteiger partial charge in [-0.15, -0.1) is 0 Å². The predicted molar refractivity (Wildman–Crippen MR) is 61.8 cm³/mol. The first-order chi connectivity index (χ1) is 7.22. The van der Waals surface area contributed by atoms with Gasteiger partial charge in [0.2, 0.25) is 0 Å². The van der Waals surface area contributed by atoms with Crippen LogP contribution in [0.3, 0.4) is 0 Å². The first-order valence-corrected chi connectivity index (χ1v) is 5.34. The van der Waals surface area contributed by atoms with Crippen molar-refractivity contribution < 1.29 is 9.47 Å². The number of nitrogens with two attached hydrogens (primary N) is 1. The van der Waals surface area contributed by atoms with Gasteiger partial charge >= 0.3 is 0 Å². The van der Waals surface area contributed by atoms with Crippen LogP contribution in [0.15, 0.2) is 18.2 Å². The Hall–Kier alpha value is -0.480. The molecule has 84 valence electrons. The number of benzene rings is 1. The highest BCUT2D eigenvalue weighted by atomic mass is 35.5. The summed E-state index contributed by atoms with van der Waals surface area (Å²) in [6.07, 6.45) is 0. The molecule has 15 heavy (non-hydrogen) atoms. The molecule has 0 unspecified atom stereocenters. The van der Waals surface area contributed by atoms with Gasteiger partial charge < -0.3 is 15.2 Å². The largest absolute Gasteiger partial charge is 0.491 e.